The van der Waals surface area contributed by atoms with Gasteiger partial charge in [0.15, 0.2) is 5.58 Å². The molecule has 2 aromatic rings. The van der Waals surface area contributed by atoms with Gasteiger partial charge in [-0.25, -0.2) is 0 Å². The summed E-state index contributed by atoms with van der Waals surface area (Å²) in [5.41, 5.74) is 3.32. The van der Waals surface area contributed by atoms with Crippen molar-refractivity contribution in [3.63, 3.8) is 0 Å². The summed E-state index contributed by atoms with van der Waals surface area (Å²) in [6.45, 7) is 8.70. The Labute approximate surface area is 90.3 Å². The molecule has 2 nitrogen and oxygen atoms in total. The van der Waals surface area contributed by atoms with E-state index in [0.717, 1.165) is 11.3 Å². The highest BCUT2D eigenvalue weighted by Crippen LogP contribution is 2.31. The molecular formula is C13H17NO. The van der Waals surface area contributed by atoms with E-state index in [1.807, 2.05) is 12.1 Å². The Morgan fingerprint density at radius 1 is 1.07 bits per heavy atom. The molecule has 0 fully saturated rings. The van der Waals surface area contributed by atoms with E-state index >= 15 is 0 Å². The first-order valence-corrected chi connectivity index (χ1v) is 5.49. The standard InChI is InChI=1S/C13H17NO/c1-8(2)10-6-5-7-11-12(10)13(9(3)4)14-15-11/h5-9H,1-4H3. The molecule has 0 saturated carbocycles. The van der Waals surface area contributed by atoms with Crippen molar-refractivity contribution in [3.05, 3.63) is 29.5 Å². The fraction of sp³-hybridized carbons (Fsp3) is 0.462. The molecule has 0 aliphatic rings. The number of benzene rings is 1. The lowest BCUT2D eigenvalue weighted by molar-refractivity contribution is 0.441. The smallest absolute Gasteiger partial charge is 0.167 e. The van der Waals surface area contributed by atoms with Gasteiger partial charge in [-0.2, -0.15) is 0 Å². The predicted octanol–water partition coefficient (Wildman–Crippen LogP) is 4.07. The van der Waals surface area contributed by atoms with Crippen LogP contribution in [0.2, 0.25) is 0 Å². The molecule has 0 spiro atoms. The fourth-order valence-corrected chi connectivity index (χ4v) is 1.92. The van der Waals surface area contributed by atoms with Crippen LogP contribution in [0.3, 0.4) is 0 Å². The molecule has 1 aromatic heterocycles. The van der Waals surface area contributed by atoms with Gasteiger partial charge in [-0.1, -0.05) is 45.0 Å². The normalized spacial score (nSPS) is 11.9. The maximum atomic E-state index is 5.35. The van der Waals surface area contributed by atoms with Crippen molar-refractivity contribution in [3.8, 4) is 0 Å². The maximum absolute atomic E-state index is 5.35. The van der Waals surface area contributed by atoms with E-state index in [0.29, 0.717) is 11.8 Å². The summed E-state index contributed by atoms with van der Waals surface area (Å²) in [6, 6.07) is 6.18. The Kier molecular flexibility index (Phi) is 2.51. The predicted molar refractivity (Wildman–Crippen MR) is 62.2 cm³/mol. The van der Waals surface area contributed by atoms with Crippen molar-refractivity contribution in [1.29, 1.82) is 0 Å². The lowest BCUT2D eigenvalue weighted by Gasteiger charge is -2.08. The highest BCUT2D eigenvalue weighted by atomic mass is 16.5. The van der Waals surface area contributed by atoms with Crippen LogP contribution in [0.25, 0.3) is 11.0 Å². The van der Waals surface area contributed by atoms with Crippen LogP contribution >= 0.6 is 0 Å². The molecule has 0 unspecified atom stereocenters. The van der Waals surface area contributed by atoms with Gasteiger partial charge in [-0.05, 0) is 23.5 Å². The van der Waals surface area contributed by atoms with Crippen LogP contribution in [-0.2, 0) is 0 Å². The third kappa shape index (κ3) is 1.65. The summed E-state index contributed by atoms with van der Waals surface area (Å²) in [5, 5.41) is 5.37. The number of rotatable bonds is 2. The summed E-state index contributed by atoms with van der Waals surface area (Å²) in [6.07, 6.45) is 0. The molecule has 2 rings (SSSR count). The first-order chi connectivity index (χ1) is 7.11. The van der Waals surface area contributed by atoms with Crippen molar-refractivity contribution in [2.24, 2.45) is 0 Å². The van der Waals surface area contributed by atoms with E-state index in [1.165, 1.54) is 10.9 Å². The molecule has 0 amide bonds. The molecule has 1 aromatic carbocycles. The van der Waals surface area contributed by atoms with Crippen LogP contribution in [0.5, 0.6) is 0 Å². The minimum absolute atomic E-state index is 0.408. The Morgan fingerprint density at radius 3 is 2.40 bits per heavy atom. The van der Waals surface area contributed by atoms with E-state index in [4.69, 9.17) is 4.52 Å². The minimum atomic E-state index is 0.408. The number of fused-ring (bicyclic) bond motifs is 1. The molecule has 0 aliphatic carbocycles. The molecule has 0 saturated heterocycles. The van der Waals surface area contributed by atoms with E-state index in [9.17, 15) is 0 Å². The fourth-order valence-electron chi connectivity index (χ4n) is 1.92. The molecule has 0 atom stereocenters. The number of hydrogen-bond acceptors (Lipinski definition) is 2. The maximum Gasteiger partial charge on any atom is 0.167 e. The second kappa shape index (κ2) is 3.69. The van der Waals surface area contributed by atoms with Gasteiger partial charge in [-0.15, -0.1) is 0 Å². The molecule has 2 heteroatoms. The first-order valence-electron chi connectivity index (χ1n) is 5.49. The lowest BCUT2D eigenvalue weighted by Crippen LogP contribution is -1.93. The molecule has 0 radical (unpaired) electrons. The molecular weight excluding hydrogens is 186 g/mol. The van der Waals surface area contributed by atoms with Crippen LogP contribution in [0, 0.1) is 0 Å². The quantitative estimate of drug-likeness (QED) is 0.735. The molecule has 15 heavy (non-hydrogen) atoms. The number of nitrogens with zero attached hydrogens (tertiary/aromatic N) is 1. The molecule has 1 heterocycles. The zero-order valence-electron chi connectivity index (χ0n) is 9.74. The Balaban J connectivity index is 2.75. The van der Waals surface area contributed by atoms with E-state index in [1.54, 1.807) is 0 Å². The Morgan fingerprint density at radius 2 is 1.80 bits per heavy atom. The minimum Gasteiger partial charge on any atom is -0.356 e. The SMILES string of the molecule is CC(C)c1cccc2onc(C(C)C)c12. The second-order valence-electron chi connectivity index (χ2n) is 4.60. The second-order valence-corrected chi connectivity index (χ2v) is 4.60. The largest absolute Gasteiger partial charge is 0.356 e. The van der Waals surface area contributed by atoms with Crippen LogP contribution in [0.15, 0.2) is 22.7 Å². The van der Waals surface area contributed by atoms with Crippen LogP contribution < -0.4 is 0 Å². The molecule has 0 aliphatic heterocycles. The third-order valence-electron chi connectivity index (χ3n) is 2.73. The summed E-state index contributed by atoms with van der Waals surface area (Å²) >= 11 is 0. The number of hydrogen-bond donors (Lipinski definition) is 0. The average molecular weight is 203 g/mol. The Hall–Kier alpha value is -1.31. The van der Waals surface area contributed by atoms with Crippen LogP contribution in [-0.4, -0.2) is 5.16 Å². The molecule has 0 bridgehead atoms. The van der Waals surface area contributed by atoms with Gasteiger partial charge in [0.05, 0.1) is 5.69 Å². The van der Waals surface area contributed by atoms with Crippen LogP contribution in [0.1, 0.15) is 50.8 Å². The highest BCUT2D eigenvalue weighted by molar-refractivity contribution is 5.84. The summed E-state index contributed by atoms with van der Waals surface area (Å²) in [4.78, 5) is 0. The van der Waals surface area contributed by atoms with Gasteiger partial charge < -0.3 is 4.52 Å². The van der Waals surface area contributed by atoms with Gasteiger partial charge >= 0.3 is 0 Å². The molecule has 80 valence electrons. The van der Waals surface area contributed by atoms with E-state index < -0.39 is 0 Å². The number of aromatic nitrogens is 1. The zero-order chi connectivity index (χ0) is 11.0. The topological polar surface area (TPSA) is 26.0 Å². The van der Waals surface area contributed by atoms with Gasteiger partial charge in [0.2, 0.25) is 0 Å². The van der Waals surface area contributed by atoms with Crippen molar-refractivity contribution in [2.45, 2.75) is 39.5 Å². The van der Waals surface area contributed by atoms with E-state index in [-0.39, 0.29) is 0 Å². The average Bonchev–Trinajstić information content (AvgIpc) is 2.60. The lowest BCUT2D eigenvalue weighted by atomic mass is 9.95. The third-order valence-corrected chi connectivity index (χ3v) is 2.73. The first kappa shape index (κ1) is 10.2. The van der Waals surface area contributed by atoms with Gasteiger partial charge in [-0.3, -0.25) is 0 Å². The van der Waals surface area contributed by atoms with Crippen molar-refractivity contribution >= 4 is 11.0 Å². The summed E-state index contributed by atoms with van der Waals surface area (Å²) in [7, 11) is 0. The van der Waals surface area contributed by atoms with Crippen molar-refractivity contribution < 1.29 is 4.52 Å². The van der Waals surface area contributed by atoms with E-state index in [2.05, 4.69) is 38.9 Å². The summed E-state index contributed by atoms with van der Waals surface area (Å²) < 4.78 is 5.35. The summed E-state index contributed by atoms with van der Waals surface area (Å²) in [5.74, 6) is 0.914. The highest BCUT2D eigenvalue weighted by Gasteiger charge is 2.16. The van der Waals surface area contributed by atoms with Crippen molar-refractivity contribution in [2.75, 3.05) is 0 Å². The Bertz CT molecular complexity index is 468. The zero-order valence-corrected chi connectivity index (χ0v) is 9.74. The monoisotopic (exact) mass is 203 g/mol. The van der Waals surface area contributed by atoms with Crippen LogP contribution in [0.4, 0.5) is 0 Å². The van der Waals surface area contributed by atoms with Crippen molar-refractivity contribution in [1.82, 2.24) is 5.16 Å². The molecule has 0 N–H and O–H groups in total. The van der Waals surface area contributed by atoms with Gasteiger partial charge in [0.1, 0.15) is 0 Å². The van der Waals surface area contributed by atoms with Gasteiger partial charge in [0, 0.05) is 5.39 Å². The van der Waals surface area contributed by atoms with Gasteiger partial charge in [0.25, 0.3) is 0 Å².